The summed E-state index contributed by atoms with van der Waals surface area (Å²) in [6.45, 7) is -0.218. The van der Waals surface area contributed by atoms with Crippen molar-refractivity contribution in [3.8, 4) is 11.1 Å². The van der Waals surface area contributed by atoms with Crippen molar-refractivity contribution in [2.24, 2.45) is 0 Å². The van der Waals surface area contributed by atoms with E-state index < -0.39 is 19.4 Å². The first-order chi connectivity index (χ1) is 17.9. The van der Waals surface area contributed by atoms with E-state index in [0.717, 1.165) is 39.9 Å². The van der Waals surface area contributed by atoms with E-state index in [1.54, 1.807) is 0 Å². The van der Waals surface area contributed by atoms with Gasteiger partial charge >= 0.3 is 231 Å². The van der Waals surface area contributed by atoms with E-state index >= 15 is 0 Å². The molecule has 1 N–H and O–H groups in total. The fourth-order valence-corrected chi connectivity index (χ4v) is 31.8. The Labute approximate surface area is 229 Å². The molecule has 6 heteroatoms. The van der Waals surface area contributed by atoms with Gasteiger partial charge in [0.05, 0.1) is 0 Å². The van der Waals surface area contributed by atoms with Gasteiger partial charge in [0, 0.05) is 0 Å². The molecule has 0 aliphatic heterocycles. The van der Waals surface area contributed by atoms with Crippen molar-refractivity contribution in [2.45, 2.75) is 39.0 Å². The number of benzene rings is 4. The first-order valence-electron chi connectivity index (χ1n) is 13.1. The van der Waals surface area contributed by atoms with Crippen LogP contribution in [0.1, 0.15) is 43.7 Å². The van der Waals surface area contributed by atoms with Crippen LogP contribution in [0.2, 0.25) is 0 Å². The summed E-state index contributed by atoms with van der Waals surface area (Å²) >= 11 is -5.05. The zero-order valence-corrected chi connectivity index (χ0v) is 25.3. The van der Waals surface area contributed by atoms with Crippen molar-refractivity contribution in [1.29, 1.82) is 0 Å². The summed E-state index contributed by atoms with van der Waals surface area (Å²) in [6, 6.07) is 35.6. The van der Waals surface area contributed by atoms with E-state index in [9.17, 15) is 4.79 Å². The van der Waals surface area contributed by atoms with Gasteiger partial charge in [-0.15, -0.1) is 0 Å². The van der Waals surface area contributed by atoms with Crippen LogP contribution in [-0.4, -0.2) is 12.6 Å². The van der Waals surface area contributed by atoms with Crippen molar-refractivity contribution in [3.05, 3.63) is 114 Å². The van der Waals surface area contributed by atoms with Crippen LogP contribution in [0, 0.1) is 0 Å². The van der Waals surface area contributed by atoms with Crippen LogP contribution in [0.25, 0.3) is 11.1 Å². The van der Waals surface area contributed by atoms with Gasteiger partial charge in [0.25, 0.3) is 0 Å². The average Bonchev–Trinajstić information content (AvgIpc) is 3.29. The summed E-state index contributed by atoms with van der Waals surface area (Å²) in [5, 5.41) is 2.30. The molecule has 37 heavy (non-hydrogen) atoms. The van der Waals surface area contributed by atoms with E-state index in [4.69, 9.17) is 18.6 Å². The second kappa shape index (κ2) is 10.9. The summed E-state index contributed by atoms with van der Waals surface area (Å²) in [5.41, 5.74) is 4.86. The third-order valence-electron chi connectivity index (χ3n) is 7.49. The van der Waals surface area contributed by atoms with E-state index in [-0.39, 0.29) is 5.91 Å². The van der Waals surface area contributed by atoms with Gasteiger partial charge in [-0.1, -0.05) is 0 Å². The number of carbonyl (C=O) groups is 1. The molecule has 0 radical (unpaired) electrons. The van der Waals surface area contributed by atoms with Gasteiger partial charge in [-0.2, -0.15) is 0 Å². The Bertz CT molecular complexity index is 1370. The van der Waals surface area contributed by atoms with E-state index in [1.807, 2.05) is 36.4 Å². The molecule has 1 amide bonds. The molecule has 0 fully saturated rings. The predicted octanol–water partition coefficient (Wildman–Crippen LogP) is 6.03. The standard InChI is InChI=1S/C13H9.C12H11Si.C6H13NO.2ClH.Ti/c1-3-7-12-10(5-1)9-11-6-2-4-8-13(11)12;1-3-7-11(8-4-1)13-12-9-5-2-6-10-12;1-2-3-4-5-6(7)8;;;/h1-5,7-8H,9H2;1-10,13H;2-5H2,1H3,(H2,7,8);2*1H;/q;;;;;+3/p-3. The third-order valence-corrected chi connectivity index (χ3v) is 31.6. The van der Waals surface area contributed by atoms with Gasteiger partial charge < -0.3 is 0 Å². The van der Waals surface area contributed by atoms with Gasteiger partial charge in [0.1, 0.15) is 0 Å². The molecule has 0 unspecified atom stereocenters. The van der Waals surface area contributed by atoms with Crippen molar-refractivity contribution >= 4 is 45.4 Å². The molecule has 2 nitrogen and oxygen atoms in total. The van der Waals surface area contributed by atoms with Gasteiger partial charge in [-0.25, -0.2) is 0 Å². The number of fused-ring (bicyclic) bond motifs is 3. The van der Waals surface area contributed by atoms with Crippen molar-refractivity contribution in [2.75, 3.05) is 0 Å². The monoisotopic (exact) mass is 580 g/mol. The number of unbranched alkanes of at least 4 members (excludes halogenated alkanes) is 2. The Morgan fingerprint density at radius 1 is 0.784 bits per heavy atom. The van der Waals surface area contributed by atoms with Crippen LogP contribution < -0.4 is 18.0 Å². The SMILES string of the molecule is CCCCCC(=O)[NH][Ti]([Cl])([Cl])([c]1cccc2c1Cc1ccccc1-2)[SiH](c1ccccc1)c1ccccc1. The molecule has 5 rings (SSSR count). The molecule has 0 saturated heterocycles. The zero-order chi connectivity index (χ0) is 25.9. The molecule has 0 heterocycles. The quantitative estimate of drug-likeness (QED) is 0.167. The first kappa shape index (κ1) is 26.5. The molecule has 0 aromatic heterocycles. The number of nitrogens with one attached hydrogen (secondary N) is 1. The molecular weight excluding hydrogens is 549 g/mol. The molecule has 189 valence electrons. The normalized spacial score (nSPS) is 13.5. The first-order valence-corrected chi connectivity index (χ1v) is 23.4. The molecule has 0 spiro atoms. The maximum atomic E-state index is 13.6. The molecule has 4 aromatic carbocycles. The van der Waals surface area contributed by atoms with Crippen LogP contribution in [0.4, 0.5) is 0 Å². The van der Waals surface area contributed by atoms with Crippen molar-refractivity contribution in [3.63, 3.8) is 0 Å². The summed E-state index contributed by atoms with van der Waals surface area (Å²) in [5.74, 6) is -0.0343. The third kappa shape index (κ3) is 5.13. The second-order valence-electron chi connectivity index (χ2n) is 10.0. The van der Waals surface area contributed by atoms with Crippen LogP contribution in [0.3, 0.4) is 0 Å². The molecule has 4 aromatic rings. The molecule has 0 atom stereocenters. The Balaban J connectivity index is 1.74. The minimum absolute atomic E-state index is 0.0343. The number of halogens is 2. The Morgan fingerprint density at radius 3 is 2.03 bits per heavy atom. The van der Waals surface area contributed by atoms with Crippen LogP contribution >= 0.6 is 18.6 Å². The summed E-state index contributed by atoms with van der Waals surface area (Å²) in [4.78, 5) is 13.6. The Morgan fingerprint density at radius 2 is 1.38 bits per heavy atom. The molecule has 1 aliphatic rings. The predicted molar refractivity (Wildman–Crippen MR) is 158 cm³/mol. The Kier molecular flexibility index (Phi) is 7.81. The van der Waals surface area contributed by atoms with Crippen LogP contribution in [-0.2, 0) is 23.9 Å². The van der Waals surface area contributed by atoms with Crippen LogP contribution in [0.5, 0.6) is 0 Å². The average molecular weight is 581 g/mol. The summed E-state index contributed by atoms with van der Waals surface area (Å²) in [6.07, 6.45) is 4.11. The minimum atomic E-state index is -5.05. The Hall–Kier alpha value is -2.14. The maximum absolute atomic E-state index is 13.6. The van der Waals surface area contributed by atoms with E-state index in [0.29, 0.717) is 6.42 Å². The van der Waals surface area contributed by atoms with Gasteiger partial charge in [0.15, 0.2) is 0 Å². The van der Waals surface area contributed by atoms with Gasteiger partial charge in [-0.3, -0.25) is 0 Å². The number of hydrogen-bond donors (Lipinski definition) is 1. The topological polar surface area (TPSA) is 29.1 Å². The number of amides is 1. The zero-order valence-electron chi connectivity index (χ0n) is 21.1. The molecular formula is C31H32Cl2NOSiTi. The van der Waals surface area contributed by atoms with Crippen molar-refractivity contribution in [1.82, 2.24) is 3.80 Å². The fourth-order valence-electron chi connectivity index (χ4n) is 5.80. The molecule has 0 bridgehead atoms. The summed E-state index contributed by atoms with van der Waals surface area (Å²) < 4.78 is 4.42. The van der Waals surface area contributed by atoms with E-state index in [1.165, 1.54) is 22.3 Å². The molecule has 1 aliphatic carbocycles. The van der Waals surface area contributed by atoms with Crippen LogP contribution in [0.15, 0.2) is 103 Å². The number of carbonyl (C=O) groups excluding carboxylic acids is 1. The summed E-state index contributed by atoms with van der Waals surface area (Å²) in [7, 11) is 16.2. The molecule has 0 saturated carbocycles. The van der Waals surface area contributed by atoms with Crippen molar-refractivity contribution < 1.29 is 17.5 Å². The number of hydrogen-bond acceptors (Lipinski definition) is 1. The second-order valence-corrected chi connectivity index (χ2v) is 34.6. The van der Waals surface area contributed by atoms with Gasteiger partial charge in [0.2, 0.25) is 0 Å². The van der Waals surface area contributed by atoms with E-state index in [2.05, 4.69) is 77.5 Å². The fraction of sp³-hybridized carbons (Fsp3) is 0.194. The van der Waals surface area contributed by atoms with Gasteiger partial charge in [-0.05, 0) is 0 Å². The number of rotatable bonds is 9.